The molecular formula is C13H14BrCl2NO. The van der Waals surface area contributed by atoms with Crippen LogP contribution in [0.3, 0.4) is 0 Å². The summed E-state index contributed by atoms with van der Waals surface area (Å²) in [5.41, 5.74) is 0.592. The maximum atomic E-state index is 12.1. The SMILES string of the molecule is O=C(NC1CCCCC1Cl)c1ccc(Cl)cc1Br. The quantitative estimate of drug-likeness (QED) is 0.788. The molecule has 2 nitrogen and oxygen atoms in total. The predicted molar refractivity (Wildman–Crippen MR) is 78.5 cm³/mol. The number of hydrogen-bond acceptors (Lipinski definition) is 1. The van der Waals surface area contributed by atoms with E-state index in [-0.39, 0.29) is 17.3 Å². The summed E-state index contributed by atoms with van der Waals surface area (Å²) in [5.74, 6) is -0.101. The molecular weight excluding hydrogens is 337 g/mol. The molecule has 0 radical (unpaired) electrons. The van der Waals surface area contributed by atoms with Crippen LogP contribution >= 0.6 is 39.1 Å². The molecule has 1 fully saturated rings. The third-order valence-electron chi connectivity index (χ3n) is 3.17. The molecule has 0 aliphatic heterocycles. The van der Waals surface area contributed by atoms with Crippen molar-refractivity contribution >= 4 is 45.0 Å². The van der Waals surface area contributed by atoms with Crippen molar-refractivity contribution in [3.8, 4) is 0 Å². The maximum Gasteiger partial charge on any atom is 0.252 e. The van der Waals surface area contributed by atoms with Crippen LogP contribution in [-0.4, -0.2) is 17.3 Å². The van der Waals surface area contributed by atoms with Gasteiger partial charge >= 0.3 is 0 Å². The number of nitrogens with one attached hydrogen (secondary N) is 1. The Morgan fingerprint density at radius 1 is 1.33 bits per heavy atom. The van der Waals surface area contributed by atoms with E-state index in [0.29, 0.717) is 15.1 Å². The van der Waals surface area contributed by atoms with Gasteiger partial charge in [0.05, 0.1) is 10.9 Å². The van der Waals surface area contributed by atoms with E-state index >= 15 is 0 Å². The lowest BCUT2D eigenvalue weighted by Gasteiger charge is -2.28. The molecule has 18 heavy (non-hydrogen) atoms. The van der Waals surface area contributed by atoms with Crippen LogP contribution in [0.1, 0.15) is 36.0 Å². The Kier molecular flexibility index (Phi) is 4.93. The van der Waals surface area contributed by atoms with E-state index in [9.17, 15) is 4.79 Å². The van der Waals surface area contributed by atoms with Gasteiger partial charge in [-0.2, -0.15) is 0 Å². The van der Waals surface area contributed by atoms with Gasteiger partial charge < -0.3 is 5.32 Å². The van der Waals surface area contributed by atoms with Crippen molar-refractivity contribution in [2.75, 3.05) is 0 Å². The first kappa shape index (κ1) is 14.2. The van der Waals surface area contributed by atoms with E-state index < -0.39 is 0 Å². The fraction of sp³-hybridized carbons (Fsp3) is 0.462. The molecule has 0 bridgehead atoms. The monoisotopic (exact) mass is 349 g/mol. The number of alkyl halides is 1. The van der Waals surface area contributed by atoms with Gasteiger partial charge in [0.15, 0.2) is 0 Å². The second-order valence-corrected chi connectivity index (χ2v) is 6.36. The number of rotatable bonds is 2. The Bertz CT molecular complexity index is 453. The van der Waals surface area contributed by atoms with Crippen molar-refractivity contribution in [3.63, 3.8) is 0 Å². The van der Waals surface area contributed by atoms with Crippen LogP contribution in [0, 0.1) is 0 Å². The first-order valence-electron chi connectivity index (χ1n) is 5.98. The largest absolute Gasteiger partial charge is 0.348 e. The lowest BCUT2D eigenvalue weighted by molar-refractivity contribution is 0.0928. The van der Waals surface area contributed by atoms with Gasteiger partial charge in [0.2, 0.25) is 0 Å². The second-order valence-electron chi connectivity index (χ2n) is 4.50. The van der Waals surface area contributed by atoms with Gasteiger partial charge in [0.25, 0.3) is 5.91 Å². The van der Waals surface area contributed by atoms with E-state index in [1.54, 1.807) is 18.2 Å². The van der Waals surface area contributed by atoms with Crippen LogP contribution in [0.4, 0.5) is 0 Å². The molecule has 1 saturated carbocycles. The lowest BCUT2D eigenvalue weighted by Crippen LogP contribution is -2.42. The van der Waals surface area contributed by atoms with Crippen LogP contribution in [0.25, 0.3) is 0 Å². The van der Waals surface area contributed by atoms with Gasteiger partial charge in [-0.1, -0.05) is 24.4 Å². The summed E-state index contributed by atoms with van der Waals surface area (Å²) in [7, 11) is 0. The van der Waals surface area contributed by atoms with Crippen LogP contribution in [-0.2, 0) is 0 Å². The van der Waals surface area contributed by atoms with E-state index in [1.807, 2.05) is 0 Å². The summed E-state index contributed by atoms with van der Waals surface area (Å²) in [6.45, 7) is 0. The Morgan fingerprint density at radius 2 is 2.06 bits per heavy atom. The van der Waals surface area contributed by atoms with Crippen molar-refractivity contribution in [3.05, 3.63) is 33.3 Å². The van der Waals surface area contributed by atoms with Crippen molar-refractivity contribution in [1.82, 2.24) is 5.32 Å². The average Bonchev–Trinajstić information content (AvgIpc) is 2.32. The van der Waals surface area contributed by atoms with Crippen LogP contribution in [0.2, 0.25) is 5.02 Å². The van der Waals surface area contributed by atoms with E-state index in [0.717, 1.165) is 25.7 Å². The molecule has 1 amide bonds. The van der Waals surface area contributed by atoms with Crippen LogP contribution in [0.15, 0.2) is 22.7 Å². The van der Waals surface area contributed by atoms with Crippen LogP contribution < -0.4 is 5.32 Å². The predicted octanol–water partition coefficient (Wildman–Crippen LogP) is 4.38. The highest BCUT2D eigenvalue weighted by Gasteiger charge is 2.25. The van der Waals surface area contributed by atoms with Crippen molar-refractivity contribution in [2.24, 2.45) is 0 Å². The van der Waals surface area contributed by atoms with Gasteiger partial charge in [-0.15, -0.1) is 11.6 Å². The first-order chi connectivity index (χ1) is 8.58. The number of benzene rings is 1. The molecule has 0 spiro atoms. The number of carbonyl (C=O) groups excluding carboxylic acids is 1. The third-order valence-corrected chi connectivity index (χ3v) is 4.59. The molecule has 0 saturated heterocycles. The van der Waals surface area contributed by atoms with E-state index in [1.165, 1.54) is 0 Å². The molecule has 0 heterocycles. The second kappa shape index (κ2) is 6.27. The van der Waals surface area contributed by atoms with E-state index in [2.05, 4.69) is 21.2 Å². The molecule has 2 atom stereocenters. The molecule has 2 rings (SSSR count). The number of halogens is 3. The smallest absolute Gasteiger partial charge is 0.252 e. The minimum atomic E-state index is -0.101. The first-order valence-corrected chi connectivity index (χ1v) is 7.58. The highest BCUT2D eigenvalue weighted by molar-refractivity contribution is 9.10. The van der Waals surface area contributed by atoms with Gasteiger partial charge in [0.1, 0.15) is 0 Å². The van der Waals surface area contributed by atoms with Gasteiger partial charge in [-0.25, -0.2) is 0 Å². The lowest BCUT2D eigenvalue weighted by atomic mass is 9.94. The highest BCUT2D eigenvalue weighted by atomic mass is 79.9. The minimum Gasteiger partial charge on any atom is -0.348 e. The normalized spacial score (nSPS) is 23.7. The van der Waals surface area contributed by atoms with Gasteiger partial charge in [-0.3, -0.25) is 4.79 Å². The highest BCUT2D eigenvalue weighted by Crippen LogP contribution is 2.25. The molecule has 1 aliphatic rings. The molecule has 1 aromatic rings. The fourth-order valence-corrected chi connectivity index (χ4v) is 3.37. The fourth-order valence-electron chi connectivity index (χ4n) is 2.17. The third kappa shape index (κ3) is 3.40. The number of hydrogen-bond donors (Lipinski definition) is 1. The molecule has 1 N–H and O–H groups in total. The molecule has 1 aromatic carbocycles. The summed E-state index contributed by atoms with van der Waals surface area (Å²) in [6.07, 6.45) is 4.18. The summed E-state index contributed by atoms with van der Waals surface area (Å²) < 4.78 is 0.703. The Morgan fingerprint density at radius 3 is 2.72 bits per heavy atom. The van der Waals surface area contributed by atoms with Crippen molar-refractivity contribution < 1.29 is 4.79 Å². The van der Waals surface area contributed by atoms with Gasteiger partial charge in [-0.05, 0) is 47.0 Å². The zero-order valence-corrected chi connectivity index (χ0v) is 12.9. The van der Waals surface area contributed by atoms with Crippen molar-refractivity contribution in [2.45, 2.75) is 37.1 Å². The van der Waals surface area contributed by atoms with Crippen molar-refractivity contribution in [1.29, 1.82) is 0 Å². The summed E-state index contributed by atoms with van der Waals surface area (Å²) in [6, 6.07) is 5.21. The van der Waals surface area contributed by atoms with Gasteiger partial charge in [0, 0.05) is 15.5 Å². The minimum absolute atomic E-state index is 0.0359. The Balaban J connectivity index is 2.07. The Hall–Kier alpha value is -0.250. The standard InChI is InChI=1S/C13H14BrCl2NO/c14-10-7-8(15)5-6-9(10)13(18)17-12-4-2-1-3-11(12)16/h5-7,11-12H,1-4H2,(H,17,18). The molecule has 5 heteroatoms. The molecule has 0 aromatic heterocycles. The molecule has 2 unspecified atom stereocenters. The zero-order chi connectivity index (χ0) is 13.1. The topological polar surface area (TPSA) is 29.1 Å². The molecule has 1 aliphatic carbocycles. The number of carbonyl (C=O) groups is 1. The summed E-state index contributed by atoms with van der Waals surface area (Å²) in [4.78, 5) is 12.1. The van der Waals surface area contributed by atoms with Crippen LogP contribution in [0.5, 0.6) is 0 Å². The summed E-state index contributed by atoms with van der Waals surface area (Å²) in [5, 5.41) is 3.64. The maximum absolute atomic E-state index is 12.1. The number of amides is 1. The zero-order valence-electron chi connectivity index (χ0n) is 9.76. The Labute approximate surface area is 125 Å². The summed E-state index contributed by atoms with van der Waals surface area (Å²) >= 11 is 15.4. The molecule has 98 valence electrons. The van der Waals surface area contributed by atoms with E-state index in [4.69, 9.17) is 23.2 Å². The average molecular weight is 351 g/mol.